The molecule has 0 aliphatic rings. The number of ether oxygens (including phenoxy) is 1. The minimum absolute atomic E-state index is 0. The van der Waals surface area contributed by atoms with Crippen molar-refractivity contribution in [2.45, 2.75) is 0 Å². The number of methoxy groups -OCH3 is 1. The first-order chi connectivity index (χ1) is 4.33. The summed E-state index contributed by atoms with van der Waals surface area (Å²) < 4.78 is 4.86. The Labute approximate surface area is 92.8 Å². The second-order valence-electron chi connectivity index (χ2n) is 1.70. The van der Waals surface area contributed by atoms with E-state index in [1.807, 2.05) is 0 Å². The summed E-state index contributed by atoms with van der Waals surface area (Å²) in [5, 5.41) is 8.80. The van der Waals surface area contributed by atoms with Crippen molar-refractivity contribution in [2.24, 2.45) is 0 Å². The molecule has 0 spiro atoms. The number of benzene rings is 1. The molecule has 0 aromatic heterocycles. The Balaban J connectivity index is -0.000000270. The van der Waals surface area contributed by atoms with E-state index < -0.39 is 0 Å². The van der Waals surface area contributed by atoms with Gasteiger partial charge in [-0.1, -0.05) is 0 Å². The molecule has 1 N–H and O–H groups in total. The Bertz CT molecular complexity index is 191. The van der Waals surface area contributed by atoms with Crippen molar-refractivity contribution < 1.29 is 12.7 Å². The maximum atomic E-state index is 8.80. The van der Waals surface area contributed by atoms with Crippen LogP contribution in [0.25, 0.3) is 0 Å². The topological polar surface area (TPSA) is 29.5 Å². The summed E-state index contributed by atoms with van der Waals surface area (Å²) in [5.41, 5.74) is 0. The first kappa shape index (κ1) is 10.1. The Kier molecular flexibility index (Phi) is 4.87. The molecule has 0 heterocycles. The van der Waals surface area contributed by atoms with E-state index in [1.54, 1.807) is 31.4 Å². The molecule has 1 rings (SSSR count). The Morgan fingerprint density at radius 2 is 1.80 bits per heavy atom. The van der Waals surface area contributed by atoms with Crippen LogP contribution in [0, 0.1) is 0 Å². The maximum absolute atomic E-state index is 8.80. The van der Waals surface area contributed by atoms with Crippen molar-refractivity contribution in [3.05, 3.63) is 24.3 Å². The van der Waals surface area contributed by atoms with Crippen LogP contribution in [-0.2, 0) is 0 Å². The van der Waals surface area contributed by atoms with E-state index in [4.69, 9.17) is 9.84 Å². The molecule has 0 atom stereocenters. The monoisotopic (exact) mass is 166 g/mol. The minimum Gasteiger partial charge on any atom is -1.00 e. The van der Waals surface area contributed by atoms with Crippen molar-refractivity contribution in [2.75, 3.05) is 7.11 Å². The molecule has 0 aliphatic carbocycles. The van der Waals surface area contributed by atoms with Crippen LogP contribution in [0.15, 0.2) is 24.3 Å². The number of rotatable bonds is 1. The zero-order chi connectivity index (χ0) is 6.69. The molecule has 0 saturated carbocycles. The van der Waals surface area contributed by atoms with Gasteiger partial charge in [-0.15, -0.1) is 0 Å². The molecule has 52 valence electrons. The molecular weight excluding hydrogens is 156 g/mol. The number of hydrogen-bond acceptors (Lipinski definition) is 2. The van der Waals surface area contributed by atoms with Crippen LogP contribution in [0.3, 0.4) is 0 Å². The van der Waals surface area contributed by atoms with E-state index in [-0.39, 0.29) is 46.3 Å². The fourth-order valence-corrected chi connectivity index (χ4v) is 0.582. The zero-order valence-corrected chi connectivity index (χ0v) is 8.08. The van der Waals surface area contributed by atoms with Gasteiger partial charge in [-0.2, -0.15) is 0 Å². The Morgan fingerprint density at radius 3 is 2.20 bits per heavy atom. The predicted molar refractivity (Wildman–Crippen MR) is 42.6 cm³/mol. The van der Waals surface area contributed by atoms with Crippen LogP contribution in [0.4, 0.5) is 0 Å². The van der Waals surface area contributed by atoms with Crippen molar-refractivity contribution in [3.8, 4) is 11.5 Å². The summed E-state index contributed by atoms with van der Waals surface area (Å²) in [6.07, 6.45) is 0. The molecule has 0 saturated heterocycles. The summed E-state index contributed by atoms with van der Waals surface area (Å²) in [6, 6.07) is 6.57. The first-order valence-electron chi connectivity index (χ1n) is 2.66. The van der Waals surface area contributed by atoms with E-state index in [0.29, 0.717) is 0 Å². The van der Waals surface area contributed by atoms with E-state index in [9.17, 15) is 0 Å². The number of aromatic hydroxyl groups is 1. The summed E-state index contributed by atoms with van der Waals surface area (Å²) in [5.74, 6) is 1.02. The second kappa shape index (κ2) is 4.83. The van der Waals surface area contributed by atoms with Gasteiger partial charge in [0.05, 0.1) is 7.11 Å². The third kappa shape index (κ3) is 2.78. The molecule has 0 radical (unpaired) electrons. The summed E-state index contributed by atoms with van der Waals surface area (Å²) in [7, 11) is 1.59. The van der Waals surface area contributed by atoms with Crippen LogP contribution in [0.2, 0.25) is 0 Å². The molecule has 3 heteroatoms. The number of hydrogen-bond donors (Lipinski definition) is 1. The van der Waals surface area contributed by atoms with Crippen molar-refractivity contribution >= 4 is 37.7 Å². The molecule has 0 aliphatic heterocycles. The van der Waals surface area contributed by atoms with Gasteiger partial charge in [0.15, 0.2) is 0 Å². The minimum atomic E-state index is 0. The molecule has 10 heavy (non-hydrogen) atoms. The molecule has 0 bridgehead atoms. The van der Waals surface area contributed by atoms with Gasteiger partial charge in [0.2, 0.25) is 0 Å². The average Bonchev–Trinajstić information content (AvgIpc) is 1.90. The Morgan fingerprint density at radius 1 is 1.30 bits per heavy atom. The standard InChI is InChI=1S/C7H8O2.Ca.2H/c1-9-7-4-2-6(8)3-5-7;;;/h2-5,8H,1H3;;;/q;+2;2*-1. The average molecular weight is 166 g/mol. The van der Waals surface area contributed by atoms with Crippen LogP contribution < -0.4 is 4.74 Å². The van der Waals surface area contributed by atoms with Crippen LogP contribution >= 0.6 is 0 Å². The molecule has 1 aromatic rings. The van der Waals surface area contributed by atoms with Gasteiger partial charge in [-0.25, -0.2) is 0 Å². The van der Waals surface area contributed by atoms with Crippen molar-refractivity contribution in [1.29, 1.82) is 0 Å². The molecule has 1 aromatic carbocycles. The van der Waals surface area contributed by atoms with Crippen molar-refractivity contribution in [3.63, 3.8) is 0 Å². The van der Waals surface area contributed by atoms with Gasteiger partial charge in [-0.05, 0) is 24.3 Å². The van der Waals surface area contributed by atoms with E-state index >= 15 is 0 Å². The SMILES string of the molecule is COc1ccc(O)cc1.[Ca+2].[H-].[H-]. The molecule has 0 fully saturated rings. The fourth-order valence-electron chi connectivity index (χ4n) is 0.582. The zero-order valence-electron chi connectivity index (χ0n) is 7.87. The van der Waals surface area contributed by atoms with Crippen LogP contribution in [0.5, 0.6) is 11.5 Å². The summed E-state index contributed by atoms with van der Waals surface area (Å²) >= 11 is 0. The molecular formula is C7H10CaO2. The fraction of sp³-hybridized carbons (Fsp3) is 0.143. The maximum Gasteiger partial charge on any atom is 2.00 e. The van der Waals surface area contributed by atoms with E-state index in [0.717, 1.165) is 5.75 Å². The quantitative estimate of drug-likeness (QED) is 0.636. The summed E-state index contributed by atoms with van der Waals surface area (Å²) in [4.78, 5) is 0. The second-order valence-corrected chi connectivity index (χ2v) is 1.70. The van der Waals surface area contributed by atoms with Gasteiger partial charge in [-0.3, -0.25) is 0 Å². The normalized spacial score (nSPS) is 8.10. The van der Waals surface area contributed by atoms with Gasteiger partial charge in [0, 0.05) is 0 Å². The molecule has 0 unspecified atom stereocenters. The molecule has 2 nitrogen and oxygen atoms in total. The predicted octanol–water partition coefficient (Wildman–Crippen LogP) is 1.25. The Hall–Kier alpha value is 0.0797. The number of phenols is 1. The largest absolute Gasteiger partial charge is 2.00 e. The van der Waals surface area contributed by atoms with Gasteiger partial charge in [0.25, 0.3) is 0 Å². The van der Waals surface area contributed by atoms with Crippen LogP contribution in [-0.4, -0.2) is 50.0 Å². The number of phenolic OH excluding ortho intramolecular Hbond substituents is 1. The molecule has 0 amide bonds. The van der Waals surface area contributed by atoms with Gasteiger partial charge < -0.3 is 12.7 Å². The smallest absolute Gasteiger partial charge is 1.00 e. The van der Waals surface area contributed by atoms with E-state index in [2.05, 4.69) is 0 Å². The summed E-state index contributed by atoms with van der Waals surface area (Å²) in [6.45, 7) is 0. The van der Waals surface area contributed by atoms with Gasteiger partial charge in [0.1, 0.15) is 11.5 Å². The van der Waals surface area contributed by atoms with Gasteiger partial charge >= 0.3 is 37.7 Å². The third-order valence-corrected chi connectivity index (χ3v) is 1.07. The third-order valence-electron chi connectivity index (χ3n) is 1.07. The van der Waals surface area contributed by atoms with Crippen molar-refractivity contribution in [1.82, 2.24) is 0 Å². The van der Waals surface area contributed by atoms with Crippen LogP contribution in [0.1, 0.15) is 2.85 Å². The first-order valence-corrected chi connectivity index (χ1v) is 2.66. The van der Waals surface area contributed by atoms with E-state index in [1.165, 1.54) is 0 Å².